The van der Waals surface area contributed by atoms with E-state index in [2.05, 4.69) is 54.5 Å². The summed E-state index contributed by atoms with van der Waals surface area (Å²) in [6, 6.07) is 2.17. The highest BCUT2D eigenvalue weighted by atomic mass is 31.2. The first kappa shape index (κ1) is 51.2. The van der Waals surface area contributed by atoms with Crippen LogP contribution in [0.2, 0.25) is 0 Å². The molecule has 54 heavy (non-hydrogen) atoms. The average molecular weight is 777 g/mol. The third-order valence-corrected chi connectivity index (χ3v) is 13.7. The zero-order chi connectivity index (χ0) is 40.1. The van der Waals surface area contributed by atoms with Crippen molar-refractivity contribution < 1.29 is 19.5 Å². The van der Waals surface area contributed by atoms with E-state index < -0.39 is 7.60 Å². The first-order valence-electron chi connectivity index (χ1n) is 23.7. The van der Waals surface area contributed by atoms with Gasteiger partial charge in [-0.25, -0.2) is 0 Å². The molecule has 318 valence electrons. The summed E-state index contributed by atoms with van der Waals surface area (Å²) in [6.45, 7) is 15.5. The molecule has 0 saturated carbocycles. The lowest BCUT2D eigenvalue weighted by atomic mass is 9.71. The average Bonchev–Trinajstić information content (AvgIpc) is 3.12. The van der Waals surface area contributed by atoms with Gasteiger partial charge in [-0.1, -0.05) is 228 Å². The first-order valence-corrected chi connectivity index (χ1v) is 25.5. The highest BCUT2D eigenvalue weighted by Crippen LogP contribution is 2.46. The summed E-state index contributed by atoms with van der Waals surface area (Å²) in [5.41, 5.74) is 4.11. The van der Waals surface area contributed by atoms with Gasteiger partial charge in [0.25, 0.3) is 0 Å². The molecule has 0 bridgehead atoms. The molecule has 0 amide bonds. The summed E-state index contributed by atoms with van der Waals surface area (Å²) in [4.78, 5) is 19.1. The number of hydrogen-bond acceptors (Lipinski definition) is 2. The van der Waals surface area contributed by atoms with Crippen molar-refractivity contribution in [3.8, 4) is 5.75 Å². The number of aryl methyl sites for hydroxylation is 1. The minimum atomic E-state index is -4.04. The van der Waals surface area contributed by atoms with Gasteiger partial charge in [-0.2, -0.15) is 0 Å². The number of benzene rings is 1. The fourth-order valence-corrected chi connectivity index (χ4v) is 8.91. The van der Waals surface area contributed by atoms with Crippen LogP contribution < -0.4 is 0 Å². The molecular formula is C49H93O4P. The molecule has 1 aromatic rings. The van der Waals surface area contributed by atoms with E-state index in [1.54, 1.807) is 0 Å². The van der Waals surface area contributed by atoms with Gasteiger partial charge in [-0.05, 0) is 60.5 Å². The third kappa shape index (κ3) is 23.4. The third-order valence-electron chi connectivity index (χ3n) is 12.8. The van der Waals surface area contributed by atoms with Gasteiger partial charge in [0.15, 0.2) is 0 Å². The molecule has 1 rings (SSSR count). The Balaban J connectivity index is 2.23. The maximum Gasteiger partial charge on any atom is 0.325 e. The van der Waals surface area contributed by atoms with Crippen LogP contribution in [0.4, 0.5) is 0 Å². The standard InChI is InChI=1S/C49H93O4P/c1-8-11-12-13-14-15-16-17-18-19-20-21-22-23-24-25-26-27-28-29-30-31-32-33-34-35-36-37-40-44-43(39-38-41-54(51,52)53)42-45(48(4,5)9-2)47(50)46(44)49(6,7)10-3/h42,50H,8-41H2,1-7H3,(H2,51,52,53). The Morgan fingerprint density at radius 2 is 0.815 bits per heavy atom. The van der Waals surface area contributed by atoms with Gasteiger partial charge in [0.2, 0.25) is 0 Å². The zero-order valence-corrected chi connectivity index (χ0v) is 38.2. The molecule has 0 atom stereocenters. The van der Waals surface area contributed by atoms with Crippen LogP contribution in [0.5, 0.6) is 5.75 Å². The maximum absolute atomic E-state index is 11.8. The fourth-order valence-electron chi connectivity index (χ4n) is 8.34. The number of rotatable bonds is 37. The van der Waals surface area contributed by atoms with Gasteiger partial charge in [0.1, 0.15) is 5.75 Å². The molecule has 5 heteroatoms. The molecule has 0 aliphatic rings. The molecule has 0 aliphatic heterocycles. The lowest BCUT2D eigenvalue weighted by Gasteiger charge is -2.34. The Bertz CT molecular complexity index is 1100. The molecule has 0 fully saturated rings. The predicted octanol–water partition coefficient (Wildman–Crippen LogP) is 16.4. The van der Waals surface area contributed by atoms with E-state index >= 15 is 0 Å². The molecule has 0 heterocycles. The minimum Gasteiger partial charge on any atom is -0.507 e. The highest BCUT2D eigenvalue weighted by molar-refractivity contribution is 7.51. The zero-order valence-electron chi connectivity index (χ0n) is 37.3. The van der Waals surface area contributed by atoms with Gasteiger partial charge < -0.3 is 14.9 Å². The quantitative estimate of drug-likeness (QED) is 0.0464. The van der Waals surface area contributed by atoms with Crippen molar-refractivity contribution in [1.29, 1.82) is 0 Å². The number of unbranched alkanes of at least 4 members (excludes halogenated alkanes) is 27. The summed E-state index contributed by atoms with van der Waals surface area (Å²) in [7, 11) is -4.04. The summed E-state index contributed by atoms with van der Waals surface area (Å²) in [5, 5.41) is 11.8. The molecule has 0 aliphatic carbocycles. The lowest BCUT2D eigenvalue weighted by molar-refractivity contribution is 0.371. The molecule has 0 unspecified atom stereocenters. The topological polar surface area (TPSA) is 77.8 Å². The SMILES string of the molecule is CCCCCCCCCCCCCCCCCCCCCCCCCCCCCCc1c(CCCP(=O)(O)O)cc(C(C)(C)CC)c(O)c1C(C)(C)CC. The second-order valence-corrected chi connectivity index (χ2v) is 20.3. The summed E-state index contributed by atoms with van der Waals surface area (Å²) >= 11 is 0. The molecule has 0 radical (unpaired) electrons. The van der Waals surface area contributed by atoms with Crippen LogP contribution in [-0.2, 0) is 28.2 Å². The van der Waals surface area contributed by atoms with Crippen molar-refractivity contribution in [3.63, 3.8) is 0 Å². The fraction of sp³-hybridized carbons (Fsp3) is 0.878. The second-order valence-electron chi connectivity index (χ2n) is 18.5. The van der Waals surface area contributed by atoms with Crippen LogP contribution in [0.1, 0.15) is 270 Å². The van der Waals surface area contributed by atoms with Crippen molar-refractivity contribution in [2.24, 2.45) is 0 Å². The lowest BCUT2D eigenvalue weighted by Crippen LogP contribution is -2.24. The molecule has 0 aromatic heterocycles. The number of aromatic hydroxyl groups is 1. The number of hydrogen-bond donors (Lipinski definition) is 3. The van der Waals surface area contributed by atoms with Crippen LogP contribution in [-0.4, -0.2) is 21.1 Å². The van der Waals surface area contributed by atoms with E-state index in [1.807, 2.05) is 0 Å². The van der Waals surface area contributed by atoms with E-state index in [0.717, 1.165) is 36.8 Å². The van der Waals surface area contributed by atoms with Crippen molar-refractivity contribution in [2.45, 2.75) is 271 Å². The van der Waals surface area contributed by atoms with Crippen LogP contribution >= 0.6 is 7.60 Å². The Kier molecular flexibility index (Phi) is 28.7. The van der Waals surface area contributed by atoms with E-state index in [-0.39, 0.29) is 17.0 Å². The Labute approximate surface area is 337 Å². The van der Waals surface area contributed by atoms with E-state index in [0.29, 0.717) is 18.6 Å². The van der Waals surface area contributed by atoms with Gasteiger partial charge in [0.05, 0.1) is 6.16 Å². The number of phenols is 1. The van der Waals surface area contributed by atoms with Crippen LogP contribution in [0.3, 0.4) is 0 Å². The van der Waals surface area contributed by atoms with Gasteiger partial charge in [0, 0.05) is 11.1 Å². The molecule has 0 spiro atoms. The smallest absolute Gasteiger partial charge is 0.325 e. The second kappa shape index (κ2) is 30.3. The van der Waals surface area contributed by atoms with Gasteiger partial charge in [-0.15, -0.1) is 0 Å². The van der Waals surface area contributed by atoms with Crippen LogP contribution in [0, 0.1) is 0 Å². The number of phenolic OH excluding ortho intramolecular Hbond substituents is 1. The molecule has 3 N–H and O–H groups in total. The summed E-state index contributed by atoms with van der Waals surface area (Å²) < 4.78 is 11.7. The van der Waals surface area contributed by atoms with Crippen LogP contribution in [0.25, 0.3) is 0 Å². The first-order chi connectivity index (χ1) is 25.8. The van der Waals surface area contributed by atoms with Crippen molar-refractivity contribution >= 4 is 7.60 Å². The molecular weight excluding hydrogens is 684 g/mol. The normalized spacial score (nSPS) is 12.6. The van der Waals surface area contributed by atoms with Crippen molar-refractivity contribution in [1.82, 2.24) is 0 Å². The van der Waals surface area contributed by atoms with E-state index in [9.17, 15) is 19.5 Å². The molecule has 0 saturated heterocycles. The maximum atomic E-state index is 11.8. The van der Waals surface area contributed by atoms with Gasteiger partial charge in [-0.3, -0.25) is 4.57 Å². The van der Waals surface area contributed by atoms with E-state index in [1.165, 1.54) is 184 Å². The Morgan fingerprint density at radius 3 is 1.13 bits per heavy atom. The minimum absolute atomic E-state index is 0.0914. The van der Waals surface area contributed by atoms with Crippen molar-refractivity contribution in [3.05, 3.63) is 28.3 Å². The Hall–Kier alpha value is -0.830. The van der Waals surface area contributed by atoms with Crippen LogP contribution in [0.15, 0.2) is 6.07 Å². The predicted molar refractivity (Wildman–Crippen MR) is 239 cm³/mol. The van der Waals surface area contributed by atoms with Gasteiger partial charge >= 0.3 is 7.60 Å². The van der Waals surface area contributed by atoms with Crippen molar-refractivity contribution in [2.75, 3.05) is 6.16 Å². The monoisotopic (exact) mass is 777 g/mol. The van der Waals surface area contributed by atoms with E-state index in [4.69, 9.17) is 0 Å². The highest BCUT2D eigenvalue weighted by Gasteiger charge is 2.33. The largest absolute Gasteiger partial charge is 0.507 e. The summed E-state index contributed by atoms with van der Waals surface area (Å²) in [5.74, 6) is 0.447. The molecule has 4 nitrogen and oxygen atoms in total. The molecule has 1 aromatic carbocycles. The Morgan fingerprint density at radius 1 is 0.481 bits per heavy atom. The summed E-state index contributed by atoms with van der Waals surface area (Å²) in [6.07, 6.45) is 43.0.